The van der Waals surface area contributed by atoms with Crippen molar-refractivity contribution in [1.29, 1.82) is 0 Å². The van der Waals surface area contributed by atoms with E-state index < -0.39 is 24.3 Å². The van der Waals surface area contributed by atoms with Gasteiger partial charge in [-0.1, -0.05) is 262 Å². The van der Waals surface area contributed by atoms with E-state index in [0.717, 1.165) is 70.6 Å². The van der Waals surface area contributed by atoms with Crippen molar-refractivity contribution in [2.75, 3.05) is 47.5 Å². The van der Waals surface area contributed by atoms with Gasteiger partial charge in [-0.25, -0.2) is 0 Å². The van der Waals surface area contributed by atoms with Gasteiger partial charge in [-0.05, 0) is 51.4 Å². The zero-order valence-electron chi connectivity index (χ0n) is 47.8. The number of allylic oxidation sites excluding steroid dienone is 8. The minimum absolute atomic E-state index is 0.142. The third-order valence-electron chi connectivity index (χ3n) is 13.3. The van der Waals surface area contributed by atoms with Gasteiger partial charge in [0.2, 0.25) is 0 Å². The lowest BCUT2D eigenvalue weighted by molar-refractivity contribution is -0.870. The molecule has 0 aromatic heterocycles. The van der Waals surface area contributed by atoms with Crippen LogP contribution >= 0.6 is 0 Å². The maximum Gasteiger partial charge on any atom is 0.306 e. The molecule has 0 saturated heterocycles. The van der Waals surface area contributed by atoms with Crippen LogP contribution in [-0.4, -0.2) is 82.3 Å². The van der Waals surface area contributed by atoms with E-state index in [1.165, 1.54) is 173 Å². The van der Waals surface area contributed by atoms with Gasteiger partial charge in [0.1, 0.15) is 13.2 Å². The lowest BCUT2D eigenvalue weighted by atomic mass is 10.0. The largest absolute Gasteiger partial charge is 0.545 e. The summed E-state index contributed by atoms with van der Waals surface area (Å²) >= 11 is 0. The van der Waals surface area contributed by atoms with Crippen LogP contribution in [0.25, 0.3) is 0 Å². The van der Waals surface area contributed by atoms with Gasteiger partial charge in [0.15, 0.2) is 12.4 Å². The van der Waals surface area contributed by atoms with Crippen LogP contribution in [0.15, 0.2) is 48.6 Å². The molecule has 0 amide bonds. The van der Waals surface area contributed by atoms with Crippen molar-refractivity contribution >= 4 is 17.9 Å². The van der Waals surface area contributed by atoms with Crippen molar-refractivity contribution in [3.63, 3.8) is 0 Å². The Hall–Kier alpha value is -2.75. The van der Waals surface area contributed by atoms with E-state index in [2.05, 4.69) is 62.5 Å². The Balaban J connectivity index is 4.12. The number of esters is 2. The maximum absolute atomic E-state index is 12.8. The van der Waals surface area contributed by atoms with E-state index in [0.29, 0.717) is 17.4 Å². The molecule has 9 nitrogen and oxygen atoms in total. The van der Waals surface area contributed by atoms with Gasteiger partial charge in [0, 0.05) is 12.8 Å². The Morgan fingerprint density at radius 2 is 0.792 bits per heavy atom. The summed E-state index contributed by atoms with van der Waals surface area (Å²) in [6.45, 7) is 4.64. The Bertz CT molecular complexity index is 1320. The van der Waals surface area contributed by atoms with Gasteiger partial charge in [-0.3, -0.25) is 9.59 Å². The Labute approximate surface area is 444 Å². The van der Waals surface area contributed by atoms with Gasteiger partial charge in [0.05, 0.1) is 40.3 Å². The van der Waals surface area contributed by atoms with Crippen LogP contribution in [0.5, 0.6) is 0 Å². The highest BCUT2D eigenvalue weighted by atomic mass is 16.7. The fourth-order valence-corrected chi connectivity index (χ4v) is 8.71. The highest BCUT2D eigenvalue weighted by molar-refractivity contribution is 5.70. The number of carboxylic acid groups (broad SMARTS) is 1. The van der Waals surface area contributed by atoms with Gasteiger partial charge >= 0.3 is 11.9 Å². The SMILES string of the molecule is CC/C=C\C/C=C\C/C=C\C/C=C\CCCCCCC(=O)OC(COC(=O)CCCCCCCCCCCCCCCCCCCCCCCCCCCCCCCC)COC(OCC[N+](C)(C)C)C(=O)[O-]. The van der Waals surface area contributed by atoms with Crippen LogP contribution in [-0.2, 0) is 33.3 Å². The standard InChI is InChI=1S/C63H115NO8/c1-6-8-10-12-14-16-18-20-22-24-25-26-27-28-29-30-31-32-33-34-35-36-38-39-41-43-45-47-49-51-53-60(65)70-57-59(58-71-63(62(67)68)69-56-55-64(3,4)5)72-61(66)54-52-50-48-46-44-42-40-37-23-21-19-17-15-13-11-9-7-2/h9,11,15,17,21,23,40,42,59,63H,6-8,10,12-14,16,18-20,22,24-39,41,43-58H2,1-5H3/b11-9-,17-15-,23-21-,42-40-. The van der Waals surface area contributed by atoms with Crippen molar-refractivity contribution in [2.24, 2.45) is 0 Å². The first kappa shape index (κ1) is 69.2. The first-order valence-electron chi connectivity index (χ1n) is 30.3. The Morgan fingerprint density at radius 1 is 0.431 bits per heavy atom. The number of carbonyl (C=O) groups is 3. The molecule has 420 valence electrons. The minimum atomic E-state index is -1.63. The van der Waals surface area contributed by atoms with E-state index in [-0.39, 0.29) is 38.6 Å². The normalized spacial score (nSPS) is 13.1. The molecule has 0 aliphatic carbocycles. The second-order valence-electron chi connectivity index (χ2n) is 21.6. The van der Waals surface area contributed by atoms with Crippen LogP contribution in [0, 0.1) is 0 Å². The monoisotopic (exact) mass is 1010 g/mol. The fourth-order valence-electron chi connectivity index (χ4n) is 8.71. The average Bonchev–Trinajstić information content (AvgIpc) is 3.35. The van der Waals surface area contributed by atoms with E-state index >= 15 is 0 Å². The summed E-state index contributed by atoms with van der Waals surface area (Å²) in [7, 11) is 5.91. The number of rotatable bonds is 56. The molecule has 0 aliphatic heterocycles. The molecule has 9 heteroatoms. The Morgan fingerprint density at radius 3 is 1.18 bits per heavy atom. The van der Waals surface area contributed by atoms with E-state index in [1.807, 2.05) is 21.1 Å². The summed E-state index contributed by atoms with van der Waals surface area (Å²) in [5, 5.41) is 11.8. The molecular formula is C63H115NO8. The van der Waals surface area contributed by atoms with Crippen molar-refractivity contribution in [2.45, 2.75) is 289 Å². The number of ether oxygens (including phenoxy) is 4. The number of nitrogens with zero attached hydrogens (tertiary/aromatic N) is 1. The lowest BCUT2D eigenvalue weighted by Gasteiger charge is -2.26. The van der Waals surface area contributed by atoms with Gasteiger partial charge in [0.25, 0.3) is 0 Å². The third kappa shape index (κ3) is 55.0. The molecule has 0 spiro atoms. The fraction of sp³-hybridized carbons (Fsp3) is 0.825. The number of hydrogen-bond donors (Lipinski definition) is 0. The van der Waals surface area contributed by atoms with Gasteiger partial charge in [-0.15, -0.1) is 0 Å². The number of aliphatic carboxylic acids is 1. The molecule has 2 unspecified atom stereocenters. The van der Waals surface area contributed by atoms with Crippen LogP contribution in [0.2, 0.25) is 0 Å². The van der Waals surface area contributed by atoms with Crippen molar-refractivity contribution in [3.8, 4) is 0 Å². The van der Waals surface area contributed by atoms with Gasteiger partial charge in [-0.2, -0.15) is 0 Å². The molecule has 2 atom stereocenters. The maximum atomic E-state index is 12.8. The molecule has 0 rings (SSSR count). The summed E-state index contributed by atoms with van der Waals surface area (Å²) < 4.78 is 22.7. The van der Waals surface area contributed by atoms with E-state index in [9.17, 15) is 19.5 Å². The number of unbranched alkanes of at least 4 members (excludes halogenated alkanes) is 33. The topological polar surface area (TPSA) is 111 Å². The number of carboxylic acids is 1. The third-order valence-corrected chi connectivity index (χ3v) is 13.3. The van der Waals surface area contributed by atoms with E-state index in [4.69, 9.17) is 18.9 Å². The summed E-state index contributed by atoms with van der Waals surface area (Å²) in [5.41, 5.74) is 0. The quantitative estimate of drug-likeness (QED) is 0.0195. The molecule has 0 fully saturated rings. The zero-order valence-corrected chi connectivity index (χ0v) is 47.8. The lowest BCUT2D eigenvalue weighted by Crippen LogP contribution is -2.44. The molecule has 0 aromatic rings. The molecule has 72 heavy (non-hydrogen) atoms. The summed E-state index contributed by atoms with van der Waals surface area (Å²) in [6, 6.07) is 0. The Kier molecular flexibility index (Phi) is 52.4. The average molecular weight is 1010 g/mol. The van der Waals surface area contributed by atoms with Crippen LogP contribution in [0.4, 0.5) is 0 Å². The van der Waals surface area contributed by atoms with Crippen LogP contribution < -0.4 is 5.11 Å². The molecule has 0 heterocycles. The van der Waals surface area contributed by atoms with Crippen molar-refractivity contribution < 1.29 is 42.9 Å². The van der Waals surface area contributed by atoms with E-state index in [1.54, 1.807) is 0 Å². The number of likely N-dealkylation sites (N-methyl/N-ethyl adjacent to an activating group) is 1. The molecule has 0 aliphatic rings. The van der Waals surface area contributed by atoms with Gasteiger partial charge < -0.3 is 33.3 Å². The van der Waals surface area contributed by atoms with Crippen LogP contribution in [0.1, 0.15) is 277 Å². The second-order valence-corrected chi connectivity index (χ2v) is 21.6. The molecule has 0 aromatic carbocycles. The van der Waals surface area contributed by atoms with Crippen molar-refractivity contribution in [3.05, 3.63) is 48.6 Å². The molecule has 0 N–H and O–H groups in total. The first-order valence-corrected chi connectivity index (χ1v) is 30.3. The number of quaternary nitrogens is 1. The molecule has 0 saturated carbocycles. The summed E-state index contributed by atoms with van der Waals surface area (Å²) in [5.74, 6) is -2.30. The highest BCUT2D eigenvalue weighted by Gasteiger charge is 2.22. The minimum Gasteiger partial charge on any atom is -0.545 e. The van der Waals surface area contributed by atoms with Crippen molar-refractivity contribution in [1.82, 2.24) is 0 Å². The molecule has 0 radical (unpaired) electrons. The number of hydrogen-bond acceptors (Lipinski definition) is 8. The zero-order chi connectivity index (χ0) is 52.7. The second kappa shape index (κ2) is 54.5. The highest BCUT2D eigenvalue weighted by Crippen LogP contribution is 2.18. The first-order chi connectivity index (χ1) is 35.1. The smallest absolute Gasteiger partial charge is 0.306 e. The molecular weight excluding hydrogens is 899 g/mol. The molecule has 0 bridgehead atoms. The predicted octanol–water partition coefficient (Wildman–Crippen LogP) is 16.5. The predicted molar refractivity (Wildman–Crippen MR) is 302 cm³/mol. The number of carbonyl (C=O) groups excluding carboxylic acids is 3. The van der Waals surface area contributed by atoms with Crippen LogP contribution in [0.3, 0.4) is 0 Å². The summed E-state index contributed by atoms with van der Waals surface area (Å²) in [4.78, 5) is 37.3. The summed E-state index contributed by atoms with van der Waals surface area (Å²) in [6.07, 6.45) is 64.7.